The third-order valence-corrected chi connectivity index (χ3v) is 3.07. The van der Waals surface area contributed by atoms with Crippen LogP contribution in [0.4, 0.5) is 0 Å². The van der Waals surface area contributed by atoms with Gasteiger partial charge < -0.3 is 4.98 Å². The van der Waals surface area contributed by atoms with Crippen LogP contribution in [0.5, 0.6) is 0 Å². The van der Waals surface area contributed by atoms with E-state index in [1.165, 1.54) is 11.3 Å². The highest BCUT2D eigenvalue weighted by atomic mass is 32.1. The molecule has 0 unspecified atom stereocenters. The Labute approximate surface area is 83.7 Å². The van der Waals surface area contributed by atoms with Crippen LogP contribution >= 0.6 is 23.6 Å². The Morgan fingerprint density at radius 3 is 3.15 bits per heavy atom. The molecule has 0 aliphatic heterocycles. The molecule has 0 bridgehead atoms. The Bertz CT molecular complexity index is 549. The molecule has 2 aromatic heterocycles. The Morgan fingerprint density at radius 1 is 1.69 bits per heavy atom. The number of H-pyrrole nitrogens is 1. The summed E-state index contributed by atoms with van der Waals surface area (Å²) in [7, 11) is 0. The molecule has 0 aliphatic rings. The number of thiophene rings is 1. The van der Waals surface area contributed by atoms with Crippen molar-refractivity contribution in [3.05, 3.63) is 26.6 Å². The molecule has 0 aliphatic carbocycles. The van der Waals surface area contributed by atoms with Gasteiger partial charge in [0.25, 0.3) is 5.56 Å². The molecule has 13 heavy (non-hydrogen) atoms. The minimum Gasteiger partial charge on any atom is -0.323 e. The van der Waals surface area contributed by atoms with E-state index in [4.69, 9.17) is 12.2 Å². The number of rotatable bonds is 1. The van der Waals surface area contributed by atoms with Crippen molar-refractivity contribution in [3.8, 4) is 0 Å². The highest BCUT2D eigenvalue weighted by molar-refractivity contribution is 7.71. The van der Waals surface area contributed by atoms with E-state index in [0.29, 0.717) is 11.3 Å². The van der Waals surface area contributed by atoms with Crippen molar-refractivity contribution < 1.29 is 0 Å². The second-order valence-electron chi connectivity index (χ2n) is 2.64. The third-order valence-electron chi connectivity index (χ3n) is 1.92. The molecular formula is C8H8N2OS2. The maximum absolute atomic E-state index is 11.7. The van der Waals surface area contributed by atoms with Crippen LogP contribution in [-0.4, -0.2) is 9.55 Å². The van der Waals surface area contributed by atoms with Gasteiger partial charge in [0.15, 0.2) is 4.77 Å². The van der Waals surface area contributed by atoms with Gasteiger partial charge in [-0.1, -0.05) is 0 Å². The topological polar surface area (TPSA) is 37.8 Å². The molecule has 3 nitrogen and oxygen atoms in total. The molecule has 0 saturated carbocycles. The van der Waals surface area contributed by atoms with E-state index < -0.39 is 0 Å². The SMILES string of the molecule is CCn1c(=S)[nH]c2sccc2c1=O. The molecule has 5 heteroatoms. The van der Waals surface area contributed by atoms with E-state index in [-0.39, 0.29) is 5.56 Å². The second kappa shape index (κ2) is 3.08. The molecule has 0 atom stereocenters. The zero-order valence-corrected chi connectivity index (χ0v) is 8.67. The van der Waals surface area contributed by atoms with Gasteiger partial charge in [-0.2, -0.15) is 0 Å². The quantitative estimate of drug-likeness (QED) is 0.735. The molecule has 0 saturated heterocycles. The van der Waals surface area contributed by atoms with Gasteiger partial charge >= 0.3 is 0 Å². The van der Waals surface area contributed by atoms with E-state index in [0.717, 1.165) is 10.2 Å². The van der Waals surface area contributed by atoms with Crippen LogP contribution in [-0.2, 0) is 6.54 Å². The van der Waals surface area contributed by atoms with Gasteiger partial charge in [-0.05, 0) is 30.6 Å². The van der Waals surface area contributed by atoms with Crippen molar-refractivity contribution in [2.45, 2.75) is 13.5 Å². The number of aromatic amines is 1. The highest BCUT2D eigenvalue weighted by Gasteiger charge is 2.03. The lowest BCUT2D eigenvalue weighted by Gasteiger charge is -2.00. The lowest BCUT2D eigenvalue weighted by atomic mass is 10.4. The minimum atomic E-state index is 0.00231. The molecule has 0 amide bonds. The van der Waals surface area contributed by atoms with E-state index >= 15 is 0 Å². The summed E-state index contributed by atoms with van der Waals surface area (Å²) >= 11 is 6.55. The van der Waals surface area contributed by atoms with Gasteiger partial charge in [-0.3, -0.25) is 9.36 Å². The molecule has 1 N–H and O–H groups in total. The molecule has 2 aromatic rings. The summed E-state index contributed by atoms with van der Waals surface area (Å²) in [5.74, 6) is 0. The fraction of sp³-hybridized carbons (Fsp3) is 0.250. The Kier molecular flexibility index (Phi) is 2.05. The third kappa shape index (κ3) is 1.24. The van der Waals surface area contributed by atoms with E-state index in [1.54, 1.807) is 4.57 Å². The molecule has 0 fully saturated rings. The Morgan fingerprint density at radius 2 is 2.46 bits per heavy atom. The molecule has 68 valence electrons. The number of hydrogen-bond donors (Lipinski definition) is 1. The standard InChI is InChI=1S/C8H8N2OS2/c1-2-10-7(11)5-3-4-13-6(5)9-8(10)12/h3-4H,2H2,1H3,(H,9,12). The van der Waals surface area contributed by atoms with Gasteiger partial charge in [0.05, 0.1) is 5.39 Å². The smallest absolute Gasteiger partial charge is 0.263 e. The van der Waals surface area contributed by atoms with Crippen molar-refractivity contribution in [2.24, 2.45) is 0 Å². The lowest BCUT2D eigenvalue weighted by Crippen LogP contribution is -2.20. The predicted octanol–water partition coefficient (Wildman–Crippen LogP) is 2.14. The Balaban J connectivity index is 3.02. The molecule has 0 spiro atoms. The van der Waals surface area contributed by atoms with Gasteiger partial charge in [0, 0.05) is 6.54 Å². The van der Waals surface area contributed by atoms with E-state index in [1.807, 2.05) is 18.4 Å². The van der Waals surface area contributed by atoms with Crippen molar-refractivity contribution in [1.29, 1.82) is 0 Å². The van der Waals surface area contributed by atoms with Crippen LogP contribution < -0.4 is 5.56 Å². The predicted molar refractivity (Wildman–Crippen MR) is 56.9 cm³/mol. The first-order chi connectivity index (χ1) is 6.24. The fourth-order valence-electron chi connectivity index (χ4n) is 1.26. The number of aromatic nitrogens is 2. The maximum atomic E-state index is 11.7. The lowest BCUT2D eigenvalue weighted by molar-refractivity contribution is 0.705. The van der Waals surface area contributed by atoms with Crippen LogP contribution in [0.3, 0.4) is 0 Å². The maximum Gasteiger partial charge on any atom is 0.263 e. The van der Waals surface area contributed by atoms with Crippen LogP contribution in [0.15, 0.2) is 16.2 Å². The van der Waals surface area contributed by atoms with Crippen molar-refractivity contribution >= 4 is 33.8 Å². The number of fused-ring (bicyclic) bond motifs is 1. The van der Waals surface area contributed by atoms with Crippen molar-refractivity contribution in [1.82, 2.24) is 9.55 Å². The van der Waals surface area contributed by atoms with Gasteiger partial charge in [-0.15, -0.1) is 11.3 Å². The summed E-state index contributed by atoms with van der Waals surface area (Å²) in [6.07, 6.45) is 0. The average Bonchev–Trinajstić information content (AvgIpc) is 2.53. The number of hydrogen-bond acceptors (Lipinski definition) is 3. The van der Waals surface area contributed by atoms with Gasteiger partial charge in [0.2, 0.25) is 0 Å². The summed E-state index contributed by atoms with van der Waals surface area (Å²) in [6, 6.07) is 1.82. The summed E-state index contributed by atoms with van der Waals surface area (Å²) in [5, 5.41) is 2.61. The largest absolute Gasteiger partial charge is 0.323 e. The number of nitrogens with one attached hydrogen (secondary N) is 1. The number of nitrogens with zero attached hydrogens (tertiary/aromatic N) is 1. The first kappa shape index (κ1) is 8.65. The molecule has 2 rings (SSSR count). The second-order valence-corrected chi connectivity index (χ2v) is 3.95. The highest BCUT2D eigenvalue weighted by Crippen LogP contribution is 2.13. The van der Waals surface area contributed by atoms with Crippen molar-refractivity contribution in [3.63, 3.8) is 0 Å². The first-order valence-corrected chi connectivity index (χ1v) is 5.23. The minimum absolute atomic E-state index is 0.00231. The Hall–Kier alpha value is -0.940. The van der Waals surface area contributed by atoms with Crippen molar-refractivity contribution in [2.75, 3.05) is 0 Å². The molecule has 2 heterocycles. The summed E-state index contributed by atoms with van der Waals surface area (Å²) in [4.78, 5) is 15.6. The average molecular weight is 212 g/mol. The van der Waals surface area contributed by atoms with Crippen LogP contribution in [0.1, 0.15) is 6.92 Å². The van der Waals surface area contributed by atoms with Crippen LogP contribution in [0.2, 0.25) is 0 Å². The van der Waals surface area contributed by atoms with Gasteiger partial charge in [-0.25, -0.2) is 0 Å². The molecular weight excluding hydrogens is 204 g/mol. The normalized spacial score (nSPS) is 10.8. The van der Waals surface area contributed by atoms with Gasteiger partial charge in [0.1, 0.15) is 4.83 Å². The van der Waals surface area contributed by atoms with E-state index in [2.05, 4.69) is 4.98 Å². The van der Waals surface area contributed by atoms with Crippen LogP contribution in [0, 0.1) is 4.77 Å². The first-order valence-electron chi connectivity index (χ1n) is 3.94. The van der Waals surface area contributed by atoms with Crippen LogP contribution in [0.25, 0.3) is 10.2 Å². The summed E-state index contributed by atoms with van der Waals surface area (Å²) in [5.41, 5.74) is 0.00231. The zero-order chi connectivity index (χ0) is 9.42. The fourth-order valence-corrected chi connectivity index (χ4v) is 2.42. The molecule has 0 radical (unpaired) electrons. The zero-order valence-electron chi connectivity index (χ0n) is 7.03. The summed E-state index contributed by atoms with van der Waals surface area (Å²) in [6.45, 7) is 2.52. The summed E-state index contributed by atoms with van der Waals surface area (Å²) < 4.78 is 2.06. The monoisotopic (exact) mass is 212 g/mol. The van der Waals surface area contributed by atoms with E-state index in [9.17, 15) is 4.79 Å². The molecule has 0 aromatic carbocycles.